The van der Waals surface area contributed by atoms with Crippen LogP contribution in [0.2, 0.25) is 0 Å². The maximum Gasteiger partial charge on any atom is 0.317 e. The van der Waals surface area contributed by atoms with Crippen molar-refractivity contribution in [2.24, 2.45) is 0 Å². The molecule has 0 spiro atoms. The Kier molecular flexibility index (Phi) is 3.78. The van der Waals surface area contributed by atoms with E-state index < -0.39 is 0 Å². The molecule has 0 unspecified atom stereocenters. The first-order chi connectivity index (χ1) is 8.18. The Balaban J connectivity index is 1.86. The molecule has 1 heterocycles. The number of nitrogen functional groups attached to an aromatic ring is 1. The van der Waals surface area contributed by atoms with E-state index in [1.165, 1.54) is 0 Å². The standard InChI is InChI=1S/C12H17N3OS/c1-9-3-2-4-10(11(9)13)17-8-7-15-6-5-14-12(15)16/h2-4H,5-8,13H2,1H3,(H,14,16). The van der Waals surface area contributed by atoms with E-state index in [0.717, 1.165) is 41.5 Å². The Bertz CT molecular complexity index is 422. The molecule has 0 atom stereocenters. The number of thioether (sulfide) groups is 1. The number of rotatable bonds is 4. The van der Waals surface area contributed by atoms with Gasteiger partial charge >= 0.3 is 6.03 Å². The number of anilines is 1. The third kappa shape index (κ3) is 2.85. The number of carbonyl (C=O) groups excluding carboxylic acids is 1. The van der Waals surface area contributed by atoms with E-state index in [1.54, 1.807) is 11.8 Å². The minimum absolute atomic E-state index is 0.0443. The zero-order valence-electron chi connectivity index (χ0n) is 9.90. The van der Waals surface area contributed by atoms with Crippen LogP contribution < -0.4 is 11.1 Å². The van der Waals surface area contributed by atoms with Gasteiger partial charge in [0.25, 0.3) is 0 Å². The SMILES string of the molecule is Cc1cccc(SCCN2CCNC2=O)c1N. The maximum atomic E-state index is 11.3. The van der Waals surface area contributed by atoms with E-state index >= 15 is 0 Å². The van der Waals surface area contributed by atoms with Crippen LogP contribution in [0.1, 0.15) is 5.56 Å². The average Bonchev–Trinajstić information content (AvgIpc) is 2.71. The van der Waals surface area contributed by atoms with Crippen LogP contribution in [0.25, 0.3) is 0 Å². The summed E-state index contributed by atoms with van der Waals surface area (Å²) in [6.45, 7) is 4.34. The minimum Gasteiger partial charge on any atom is -0.398 e. The topological polar surface area (TPSA) is 58.4 Å². The summed E-state index contributed by atoms with van der Waals surface area (Å²) in [7, 11) is 0. The smallest absolute Gasteiger partial charge is 0.317 e. The summed E-state index contributed by atoms with van der Waals surface area (Å²) in [5.41, 5.74) is 7.95. The molecule has 5 heteroatoms. The molecule has 1 fully saturated rings. The van der Waals surface area contributed by atoms with Crippen molar-refractivity contribution >= 4 is 23.5 Å². The van der Waals surface area contributed by atoms with Gasteiger partial charge in [-0.25, -0.2) is 4.79 Å². The first kappa shape index (κ1) is 12.1. The summed E-state index contributed by atoms with van der Waals surface area (Å²) in [5.74, 6) is 0.876. The zero-order chi connectivity index (χ0) is 12.3. The fraction of sp³-hybridized carbons (Fsp3) is 0.417. The lowest BCUT2D eigenvalue weighted by Crippen LogP contribution is -2.30. The Morgan fingerprint density at radius 1 is 1.53 bits per heavy atom. The number of para-hydroxylation sites is 1. The third-order valence-corrected chi connectivity index (χ3v) is 3.90. The number of hydrogen-bond acceptors (Lipinski definition) is 3. The van der Waals surface area contributed by atoms with E-state index in [-0.39, 0.29) is 6.03 Å². The number of carbonyl (C=O) groups is 1. The summed E-state index contributed by atoms with van der Waals surface area (Å²) in [5, 5.41) is 2.79. The molecule has 0 radical (unpaired) electrons. The van der Waals surface area contributed by atoms with E-state index in [1.807, 2.05) is 30.0 Å². The molecule has 0 bridgehead atoms. The second-order valence-electron chi connectivity index (χ2n) is 4.05. The van der Waals surface area contributed by atoms with Gasteiger partial charge in [-0.15, -0.1) is 11.8 Å². The largest absolute Gasteiger partial charge is 0.398 e. The van der Waals surface area contributed by atoms with E-state index in [2.05, 4.69) is 5.32 Å². The van der Waals surface area contributed by atoms with E-state index in [4.69, 9.17) is 5.73 Å². The molecule has 1 aliphatic heterocycles. The van der Waals surface area contributed by atoms with Crippen molar-refractivity contribution in [1.82, 2.24) is 10.2 Å². The maximum absolute atomic E-state index is 11.3. The van der Waals surface area contributed by atoms with Crippen LogP contribution >= 0.6 is 11.8 Å². The fourth-order valence-corrected chi connectivity index (χ4v) is 2.79. The summed E-state index contributed by atoms with van der Waals surface area (Å²) < 4.78 is 0. The predicted molar refractivity (Wildman–Crippen MR) is 71.3 cm³/mol. The van der Waals surface area contributed by atoms with Crippen LogP contribution in [0, 0.1) is 6.92 Å². The van der Waals surface area contributed by atoms with Gasteiger partial charge in [0.1, 0.15) is 0 Å². The number of urea groups is 1. The van der Waals surface area contributed by atoms with Crippen LogP contribution in [0.4, 0.5) is 10.5 Å². The van der Waals surface area contributed by atoms with Gasteiger partial charge in [0, 0.05) is 36.0 Å². The molecule has 1 saturated heterocycles. The molecule has 0 aromatic heterocycles. The van der Waals surface area contributed by atoms with Crippen molar-refractivity contribution in [3.63, 3.8) is 0 Å². The molecule has 4 nitrogen and oxygen atoms in total. The molecule has 1 aliphatic rings. The predicted octanol–water partition coefficient (Wildman–Crippen LogP) is 1.69. The van der Waals surface area contributed by atoms with Gasteiger partial charge in [-0.05, 0) is 18.6 Å². The lowest BCUT2D eigenvalue weighted by molar-refractivity contribution is 0.220. The molecule has 92 valence electrons. The van der Waals surface area contributed by atoms with Gasteiger partial charge in [0.05, 0.1) is 0 Å². The zero-order valence-corrected chi connectivity index (χ0v) is 10.7. The summed E-state index contributed by atoms with van der Waals surface area (Å²) in [6, 6.07) is 6.09. The van der Waals surface area contributed by atoms with Gasteiger partial charge in [0.15, 0.2) is 0 Å². The van der Waals surface area contributed by atoms with Crippen molar-refractivity contribution in [3.8, 4) is 0 Å². The summed E-state index contributed by atoms with van der Waals surface area (Å²) >= 11 is 1.70. The average molecular weight is 251 g/mol. The molecule has 2 amide bonds. The monoisotopic (exact) mass is 251 g/mol. The highest BCUT2D eigenvalue weighted by molar-refractivity contribution is 7.99. The normalized spacial score (nSPS) is 15.1. The first-order valence-corrected chi connectivity index (χ1v) is 6.67. The quantitative estimate of drug-likeness (QED) is 0.632. The second kappa shape index (κ2) is 5.31. The Labute approximate surface area is 106 Å². The van der Waals surface area contributed by atoms with Crippen molar-refractivity contribution in [1.29, 1.82) is 0 Å². The van der Waals surface area contributed by atoms with Crippen LogP contribution in [-0.2, 0) is 0 Å². The van der Waals surface area contributed by atoms with Crippen LogP contribution in [0.3, 0.4) is 0 Å². The number of hydrogen-bond donors (Lipinski definition) is 2. The summed E-state index contributed by atoms with van der Waals surface area (Å²) in [4.78, 5) is 14.3. The van der Waals surface area contributed by atoms with Gasteiger partial charge < -0.3 is 16.0 Å². The van der Waals surface area contributed by atoms with E-state index in [0.29, 0.717) is 0 Å². The highest BCUT2D eigenvalue weighted by Crippen LogP contribution is 2.27. The molecule has 1 aromatic rings. The van der Waals surface area contributed by atoms with Crippen molar-refractivity contribution in [2.45, 2.75) is 11.8 Å². The number of nitrogens with two attached hydrogens (primary N) is 1. The van der Waals surface area contributed by atoms with Gasteiger partial charge in [0.2, 0.25) is 0 Å². The first-order valence-electron chi connectivity index (χ1n) is 5.69. The Morgan fingerprint density at radius 2 is 2.35 bits per heavy atom. The second-order valence-corrected chi connectivity index (χ2v) is 5.19. The minimum atomic E-state index is 0.0443. The summed E-state index contributed by atoms with van der Waals surface area (Å²) in [6.07, 6.45) is 0. The fourth-order valence-electron chi connectivity index (χ4n) is 1.77. The molecular formula is C12H17N3OS. The van der Waals surface area contributed by atoms with Crippen LogP contribution in [0.5, 0.6) is 0 Å². The molecule has 0 aliphatic carbocycles. The number of aryl methyl sites for hydroxylation is 1. The molecular weight excluding hydrogens is 234 g/mol. The van der Waals surface area contributed by atoms with Gasteiger partial charge in [-0.3, -0.25) is 0 Å². The molecule has 2 rings (SSSR count). The highest BCUT2D eigenvalue weighted by Gasteiger charge is 2.18. The number of amides is 2. The van der Waals surface area contributed by atoms with Crippen LogP contribution in [0.15, 0.2) is 23.1 Å². The lowest BCUT2D eigenvalue weighted by Gasteiger charge is -2.14. The molecule has 3 N–H and O–H groups in total. The number of nitrogens with one attached hydrogen (secondary N) is 1. The van der Waals surface area contributed by atoms with Crippen LogP contribution in [-0.4, -0.2) is 36.3 Å². The third-order valence-electron chi connectivity index (χ3n) is 2.85. The van der Waals surface area contributed by atoms with Crippen molar-refractivity contribution in [3.05, 3.63) is 23.8 Å². The number of benzene rings is 1. The van der Waals surface area contributed by atoms with Crippen molar-refractivity contribution in [2.75, 3.05) is 31.1 Å². The molecule has 1 aromatic carbocycles. The molecule has 17 heavy (non-hydrogen) atoms. The number of nitrogens with zero attached hydrogens (tertiary/aromatic N) is 1. The Hall–Kier alpha value is -1.36. The highest BCUT2D eigenvalue weighted by atomic mass is 32.2. The van der Waals surface area contributed by atoms with Crippen molar-refractivity contribution < 1.29 is 4.79 Å². The molecule has 0 saturated carbocycles. The van der Waals surface area contributed by atoms with E-state index in [9.17, 15) is 4.79 Å². The van der Waals surface area contributed by atoms with Gasteiger partial charge in [-0.2, -0.15) is 0 Å². The van der Waals surface area contributed by atoms with Gasteiger partial charge in [-0.1, -0.05) is 12.1 Å². The lowest BCUT2D eigenvalue weighted by atomic mass is 10.2. The Morgan fingerprint density at radius 3 is 3.06 bits per heavy atom.